The second kappa shape index (κ2) is 6.44. The molecule has 1 saturated heterocycles. The van der Waals surface area contributed by atoms with Crippen LogP contribution in [0.2, 0.25) is 0 Å². The number of nitrogens with zero attached hydrogens (tertiary/aromatic N) is 1. The van der Waals surface area contributed by atoms with Gasteiger partial charge in [-0.3, -0.25) is 4.90 Å². The lowest BCUT2D eigenvalue weighted by Gasteiger charge is -2.34. The molecule has 0 spiro atoms. The molecule has 106 valence electrons. The number of piperazine rings is 1. The summed E-state index contributed by atoms with van der Waals surface area (Å²) in [5.41, 5.74) is 2.67. The number of ether oxygens (including phenoxy) is 1. The first-order chi connectivity index (χ1) is 8.74. The normalized spacial score (nSPS) is 22.5. The van der Waals surface area contributed by atoms with Crippen molar-refractivity contribution >= 4 is 28.3 Å². The molecule has 0 aliphatic carbocycles. The highest BCUT2D eigenvalue weighted by molar-refractivity contribution is 9.10. The third-order valence-corrected chi connectivity index (χ3v) is 4.30. The van der Waals surface area contributed by atoms with E-state index in [-0.39, 0.29) is 12.4 Å². The smallest absolute Gasteiger partial charge is 0.127 e. The van der Waals surface area contributed by atoms with Gasteiger partial charge >= 0.3 is 0 Å². The zero-order chi connectivity index (χ0) is 12.5. The number of benzene rings is 1. The molecule has 3 nitrogen and oxygen atoms in total. The minimum absolute atomic E-state index is 0. The maximum Gasteiger partial charge on any atom is 0.127 e. The molecule has 1 N–H and O–H groups in total. The Morgan fingerprint density at radius 3 is 3.11 bits per heavy atom. The van der Waals surface area contributed by atoms with Crippen molar-refractivity contribution in [3.8, 4) is 5.75 Å². The first-order valence-electron chi connectivity index (χ1n) is 6.63. The summed E-state index contributed by atoms with van der Waals surface area (Å²) in [4.78, 5) is 2.53. The minimum Gasteiger partial charge on any atom is -0.493 e. The zero-order valence-electron chi connectivity index (χ0n) is 11.1. The van der Waals surface area contributed by atoms with Gasteiger partial charge in [-0.2, -0.15) is 0 Å². The Kier molecular flexibility index (Phi) is 5.12. The van der Waals surface area contributed by atoms with Gasteiger partial charge in [0.25, 0.3) is 0 Å². The molecule has 1 fully saturated rings. The van der Waals surface area contributed by atoms with E-state index >= 15 is 0 Å². The van der Waals surface area contributed by atoms with Gasteiger partial charge in [-0.15, -0.1) is 12.4 Å². The Balaban J connectivity index is 0.00000133. The average Bonchev–Trinajstić information content (AvgIpc) is 2.80. The first kappa shape index (κ1) is 15.1. The quantitative estimate of drug-likeness (QED) is 0.890. The van der Waals surface area contributed by atoms with Gasteiger partial charge in [0.1, 0.15) is 5.75 Å². The van der Waals surface area contributed by atoms with E-state index in [1.54, 1.807) is 0 Å². The molecule has 0 saturated carbocycles. The van der Waals surface area contributed by atoms with Crippen molar-refractivity contribution in [2.75, 3.05) is 26.2 Å². The summed E-state index contributed by atoms with van der Waals surface area (Å²) in [6.45, 7) is 7.38. The molecule has 1 aromatic rings. The zero-order valence-corrected chi connectivity index (χ0v) is 13.5. The molecule has 19 heavy (non-hydrogen) atoms. The molecule has 5 heteroatoms. The summed E-state index contributed by atoms with van der Waals surface area (Å²) in [7, 11) is 0. The van der Waals surface area contributed by atoms with E-state index in [1.165, 1.54) is 15.6 Å². The van der Waals surface area contributed by atoms with Crippen molar-refractivity contribution in [3.05, 3.63) is 27.7 Å². The van der Waals surface area contributed by atoms with Crippen LogP contribution in [0.4, 0.5) is 0 Å². The molecule has 1 atom stereocenters. The fourth-order valence-corrected chi connectivity index (χ4v) is 3.35. The molecular formula is C14H20BrClN2O. The molecule has 1 unspecified atom stereocenters. The van der Waals surface area contributed by atoms with Crippen LogP contribution in [0.25, 0.3) is 0 Å². The lowest BCUT2D eigenvalue weighted by molar-refractivity contribution is 0.164. The minimum atomic E-state index is 0. The maximum absolute atomic E-state index is 5.80. The molecule has 3 rings (SSSR count). The predicted molar refractivity (Wildman–Crippen MR) is 83.3 cm³/mol. The molecule has 0 bridgehead atoms. The van der Waals surface area contributed by atoms with E-state index in [1.807, 2.05) is 0 Å². The third kappa shape index (κ3) is 3.24. The SMILES string of the molecule is CC1CNCCN1Cc1cc(Br)cc2c1OCC2.Cl. The molecule has 0 amide bonds. The highest BCUT2D eigenvalue weighted by Crippen LogP contribution is 2.34. The van der Waals surface area contributed by atoms with Crippen LogP contribution in [0.3, 0.4) is 0 Å². The van der Waals surface area contributed by atoms with Crippen LogP contribution in [0.5, 0.6) is 5.75 Å². The monoisotopic (exact) mass is 346 g/mol. The highest BCUT2D eigenvalue weighted by Gasteiger charge is 2.22. The van der Waals surface area contributed by atoms with Crippen molar-refractivity contribution in [1.82, 2.24) is 10.2 Å². The van der Waals surface area contributed by atoms with Crippen molar-refractivity contribution in [2.24, 2.45) is 0 Å². The maximum atomic E-state index is 5.80. The molecule has 0 aromatic heterocycles. The first-order valence-corrected chi connectivity index (χ1v) is 7.42. The average molecular weight is 348 g/mol. The summed E-state index contributed by atoms with van der Waals surface area (Å²) in [6.07, 6.45) is 1.04. The number of rotatable bonds is 2. The lowest BCUT2D eigenvalue weighted by atomic mass is 10.1. The largest absolute Gasteiger partial charge is 0.493 e. The highest BCUT2D eigenvalue weighted by atomic mass is 79.9. The van der Waals surface area contributed by atoms with Crippen LogP contribution in [0.15, 0.2) is 16.6 Å². The number of hydrogen-bond donors (Lipinski definition) is 1. The Bertz CT molecular complexity index is 455. The predicted octanol–water partition coefficient (Wildman–Crippen LogP) is 2.60. The fourth-order valence-electron chi connectivity index (χ4n) is 2.80. The Morgan fingerprint density at radius 2 is 2.32 bits per heavy atom. The van der Waals surface area contributed by atoms with Crippen LogP contribution in [0, 0.1) is 0 Å². The van der Waals surface area contributed by atoms with E-state index in [0.717, 1.165) is 45.0 Å². The molecule has 2 heterocycles. The van der Waals surface area contributed by atoms with E-state index < -0.39 is 0 Å². The summed E-state index contributed by atoms with van der Waals surface area (Å²) in [6, 6.07) is 4.99. The summed E-state index contributed by atoms with van der Waals surface area (Å²) < 4.78 is 6.97. The standard InChI is InChI=1S/C14H19BrN2O.ClH/c1-10-8-16-3-4-17(10)9-12-7-13(15)6-11-2-5-18-14(11)12;/h6-7,10,16H,2-5,8-9H2,1H3;1H. The number of halogens is 2. The second-order valence-electron chi connectivity index (χ2n) is 5.18. The fraction of sp³-hybridized carbons (Fsp3) is 0.571. The van der Waals surface area contributed by atoms with Gasteiger partial charge in [-0.25, -0.2) is 0 Å². The molecular weight excluding hydrogens is 328 g/mol. The number of fused-ring (bicyclic) bond motifs is 1. The summed E-state index contributed by atoms with van der Waals surface area (Å²) >= 11 is 3.61. The van der Waals surface area contributed by atoms with Gasteiger partial charge in [0.05, 0.1) is 6.61 Å². The Labute approximate surface area is 129 Å². The van der Waals surface area contributed by atoms with Crippen molar-refractivity contribution in [2.45, 2.75) is 25.9 Å². The summed E-state index contributed by atoms with van der Waals surface area (Å²) in [5, 5.41) is 3.43. The third-order valence-electron chi connectivity index (χ3n) is 3.84. The van der Waals surface area contributed by atoms with Gasteiger partial charge in [0, 0.05) is 48.7 Å². The van der Waals surface area contributed by atoms with Crippen LogP contribution < -0.4 is 10.1 Å². The van der Waals surface area contributed by atoms with Crippen molar-refractivity contribution < 1.29 is 4.74 Å². The molecule has 1 aromatic carbocycles. The number of hydrogen-bond acceptors (Lipinski definition) is 3. The van der Waals surface area contributed by atoms with Gasteiger partial charge in [0.2, 0.25) is 0 Å². The van der Waals surface area contributed by atoms with E-state index in [2.05, 4.69) is 45.2 Å². The van der Waals surface area contributed by atoms with Crippen LogP contribution in [-0.4, -0.2) is 37.2 Å². The molecule has 2 aliphatic rings. The van der Waals surface area contributed by atoms with Crippen LogP contribution in [-0.2, 0) is 13.0 Å². The molecule has 2 aliphatic heterocycles. The van der Waals surface area contributed by atoms with Crippen molar-refractivity contribution in [3.63, 3.8) is 0 Å². The molecule has 0 radical (unpaired) electrons. The summed E-state index contributed by atoms with van der Waals surface area (Å²) in [5.74, 6) is 1.13. The van der Waals surface area contributed by atoms with Crippen LogP contribution in [0.1, 0.15) is 18.1 Å². The Hall–Kier alpha value is -0.290. The van der Waals surface area contributed by atoms with E-state index in [9.17, 15) is 0 Å². The Morgan fingerprint density at radius 1 is 1.47 bits per heavy atom. The lowest BCUT2D eigenvalue weighted by Crippen LogP contribution is -2.49. The number of nitrogens with one attached hydrogen (secondary N) is 1. The topological polar surface area (TPSA) is 24.5 Å². The second-order valence-corrected chi connectivity index (χ2v) is 6.09. The van der Waals surface area contributed by atoms with Crippen LogP contribution >= 0.6 is 28.3 Å². The van der Waals surface area contributed by atoms with Gasteiger partial charge in [-0.1, -0.05) is 15.9 Å². The van der Waals surface area contributed by atoms with E-state index in [4.69, 9.17) is 4.74 Å². The van der Waals surface area contributed by atoms with Crippen molar-refractivity contribution in [1.29, 1.82) is 0 Å². The van der Waals surface area contributed by atoms with E-state index in [0.29, 0.717) is 6.04 Å². The van der Waals surface area contributed by atoms with Gasteiger partial charge in [-0.05, 0) is 24.6 Å². The van der Waals surface area contributed by atoms with Gasteiger partial charge in [0.15, 0.2) is 0 Å². The van der Waals surface area contributed by atoms with Gasteiger partial charge < -0.3 is 10.1 Å².